The Morgan fingerprint density at radius 3 is 2.54 bits per heavy atom. The molecule has 0 saturated carbocycles. The number of anilines is 4. The Kier molecular flexibility index (Phi) is 4.72. The third kappa shape index (κ3) is 3.68. The molecule has 0 radical (unpaired) electrons. The highest BCUT2D eigenvalue weighted by molar-refractivity contribution is 6.06. The molecular formula is C21H19N5O2. The minimum Gasteiger partial charge on any atom is -0.326 e. The van der Waals surface area contributed by atoms with Gasteiger partial charge in [0.1, 0.15) is 5.69 Å². The van der Waals surface area contributed by atoms with Crippen molar-refractivity contribution in [1.82, 2.24) is 9.97 Å². The van der Waals surface area contributed by atoms with Crippen molar-refractivity contribution in [3.8, 4) is 0 Å². The zero-order valence-electron chi connectivity index (χ0n) is 15.3. The highest BCUT2D eigenvalue weighted by atomic mass is 16.2. The Morgan fingerprint density at radius 1 is 1.00 bits per heavy atom. The van der Waals surface area contributed by atoms with E-state index < -0.39 is 0 Å². The molecule has 0 aliphatic carbocycles. The number of carbonyl (C=O) groups is 2. The molecule has 140 valence electrons. The van der Waals surface area contributed by atoms with Gasteiger partial charge < -0.3 is 15.5 Å². The molecule has 0 saturated heterocycles. The molecule has 1 aliphatic rings. The van der Waals surface area contributed by atoms with Crippen LogP contribution in [0.5, 0.6) is 0 Å². The number of rotatable bonds is 4. The van der Waals surface area contributed by atoms with Crippen molar-refractivity contribution < 1.29 is 9.59 Å². The second-order valence-corrected chi connectivity index (χ2v) is 6.48. The van der Waals surface area contributed by atoms with Crippen LogP contribution in [0, 0.1) is 0 Å². The van der Waals surface area contributed by atoms with Crippen LogP contribution in [0.15, 0.2) is 60.8 Å². The molecule has 0 atom stereocenters. The molecule has 2 amide bonds. The van der Waals surface area contributed by atoms with E-state index in [4.69, 9.17) is 0 Å². The lowest BCUT2D eigenvalue weighted by Gasteiger charge is -2.17. The molecule has 0 unspecified atom stereocenters. The van der Waals surface area contributed by atoms with E-state index in [1.54, 1.807) is 41.4 Å². The van der Waals surface area contributed by atoms with E-state index in [0.717, 1.165) is 17.8 Å². The molecular weight excluding hydrogens is 354 g/mol. The van der Waals surface area contributed by atoms with Crippen molar-refractivity contribution in [2.24, 2.45) is 0 Å². The highest BCUT2D eigenvalue weighted by Crippen LogP contribution is 2.28. The largest absolute Gasteiger partial charge is 0.326 e. The number of benzene rings is 2. The summed E-state index contributed by atoms with van der Waals surface area (Å²) in [6, 6.07) is 16.7. The molecule has 0 bridgehead atoms. The van der Waals surface area contributed by atoms with Crippen LogP contribution in [-0.2, 0) is 11.2 Å². The fourth-order valence-corrected chi connectivity index (χ4v) is 3.19. The van der Waals surface area contributed by atoms with Gasteiger partial charge in [-0.2, -0.15) is 0 Å². The number of amides is 2. The summed E-state index contributed by atoms with van der Waals surface area (Å²) in [7, 11) is 0. The van der Waals surface area contributed by atoms with Crippen LogP contribution in [0.2, 0.25) is 0 Å². The van der Waals surface area contributed by atoms with Crippen molar-refractivity contribution in [3.05, 3.63) is 72.1 Å². The Balaban J connectivity index is 1.50. The Labute approximate surface area is 162 Å². The van der Waals surface area contributed by atoms with Crippen molar-refractivity contribution in [2.75, 3.05) is 22.1 Å². The maximum Gasteiger partial charge on any atom is 0.277 e. The van der Waals surface area contributed by atoms with Crippen molar-refractivity contribution in [2.45, 2.75) is 13.3 Å². The van der Waals surface area contributed by atoms with Gasteiger partial charge in [-0.3, -0.25) is 9.59 Å². The van der Waals surface area contributed by atoms with Crippen LogP contribution in [-0.4, -0.2) is 28.3 Å². The monoisotopic (exact) mass is 373 g/mol. The van der Waals surface area contributed by atoms with Crippen LogP contribution >= 0.6 is 0 Å². The number of aromatic nitrogens is 2. The number of hydrogen-bond donors (Lipinski definition) is 2. The lowest BCUT2D eigenvalue weighted by atomic mass is 10.2. The number of fused-ring (bicyclic) bond motifs is 1. The predicted molar refractivity (Wildman–Crippen MR) is 108 cm³/mol. The van der Waals surface area contributed by atoms with E-state index in [0.29, 0.717) is 23.9 Å². The second-order valence-electron chi connectivity index (χ2n) is 6.48. The van der Waals surface area contributed by atoms with Crippen LogP contribution < -0.4 is 15.5 Å². The minimum atomic E-state index is -0.142. The molecule has 28 heavy (non-hydrogen) atoms. The lowest BCUT2D eigenvalue weighted by molar-refractivity contribution is -0.114. The summed E-state index contributed by atoms with van der Waals surface area (Å²) in [5.74, 6) is 0.0701. The van der Waals surface area contributed by atoms with Gasteiger partial charge in [0.05, 0.1) is 0 Å². The van der Waals surface area contributed by atoms with Crippen molar-refractivity contribution in [1.29, 1.82) is 0 Å². The van der Waals surface area contributed by atoms with E-state index in [1.807, 2.05) is 24.3 Å². The molecule has 7 nitrogen and oxygen atoms in total. The predicted octanol–water partition coefficient (Wildman–Crippen LogP) is 3.38. The molecule has 7 heteroatoms. The van der Waals surface area contributed by atoms with Gasteiger partial charge in [-0.1, -0.05) is 18.2 Å². The molecule has 3 aromatic rings. The van der Waals surface area contributed by atoms with Crippen molar-refractivity contribution in [3.63, 3.8) is 0 Å². The lowest BCUT2D eigenvalue weighted by Crippen LogP contribution is -2.29. The fraction of sp³-hybridized carbons (Fsp3) is 0.143. The topological polar surface area (TPSA) is 87.2 Å². The van der Waals surface area contributed by atoms with Crippen LogP contribution in [0.1, 0.15) is 23.0 Å². The fourth-order valence-electron chi connectivity index (χ4n) is 3.19. The summed E-state index contributed by atoms with van der Waals surface area (Å²) in [5, 5.41) is 5.79. The Morgan fingerprint density at radius 2 is 1.75 bits per heavy atom. The Bertz CT molecular complexity index is 1030. The van der Waals surface area contributed by atoms with Gasteiger partial charge in [0, 0.05) is 36.7 Å². The van der Waals surface area contributed by atoms with E-state index >= 15 is 0 Å². The van der Waals surface area contributed by atoms with Gasteiger partial charge in [-0.05, 0) is 48.4 Å². The minimum absolute atomic E-state index is 0.126. The Hall–Kier alpha value is -3.74. The molecule has 1 aromatic heterocycles. The number of hydrogen-bond acceptors (Lipinski definition) is 5. The van der Waals surface area contributed by atoms with Gasteiger partial charge in [0.2, 0.25) is 11.9 Å². The molecule has 2 aromatic carbocycles. The maximum atomic E-state index is 12.9. The first-order valence-electron chi connectivity index (χ1n) is 8.97. The third-order valence-corrected chi connectivity index (χ3v) is 4.47. The van der Waals surface area contributed by atoms with Crippen LogP contribution in [0.25, 0.3) is 0 Å². The van der Waals surface area contributed by atoms with Crippen LogP contribution in [0.4, 0.5) is 23.0 Å². The maximum absolute atomic E-state index is 12.9. The van der Waals surface area contributed by atoms with Gasteiger partial charge >= 0.3 is 0 Å². The van der Waals surface area contributed by atoms with Gasteiger partial charge in [0.25, 0.3) is 5.91 Å². The van der Waals surface area contributed by atoms with Crippen molar-refractivity contribution >= 4 is 34.8 Å². The summed E-state index contributed by atoms with van der Waals surface area (Å²) in [6.45, 7) is 2.11. The SMILES string of the molecule is CC(=O)Nc1ccc(Nc2nccc(C(=O)N3CCc4ccccc43)n2)cc1. The van der Waals surface area contributed by atoms with Crippen LogP contribution in [0.3, 0.4) is 0 Å². The number of nitrogens with one attached hydrogen (secondary N) is 2. The van der Waals surface area contributed by atoms with Gasteiger partial charge in [0.15, 0.2) is 0 Å². The van der Waals surface area contributed by atoms with Gasteiger partial charge in [-0.15, -0.1) is 0 Å². The number of para-hydroxylation sites is 1. The molecule has 2 N–H and O–H groups in total. The highest BCUT2D eigenvalue weighted by Gasteiger charge is 2.26. The smallest absolute Gasteiger partial charge is 0.277 e. The van der Waals surface area contributed by atoms with E-state index in [9.17, 15) is 9.59 Å². The number of nitrogens with zero attached hydrogens (tertiary/aromatic N) is 3. The summed E-state index contributed by atoms with van der Waals surface area (Å²) in [5.41, 5.74) is 3.90. The summed E-state index contributed by atoms with van der Waals surface area (Å²) in [4.78, 5) is 34.3. The molecule has 1 aliphatic heterocycles. The molecule has 0 fully saturated rings. The quantitative estimate of drug-likeness (QED) is 0.732. The first kappa shape index (κ1) is 17.7. The zero-order valence-corrected chi connectivity index (χ0v) is 15.3. The second kappa shape index (κ2) is 7.48. The van der Waals surface area contributed by atoms with E-state index in [-0.39, 0.29) is 11.8 Å². The first-order chi connectivity index (χ1) is 13.6. The molecule has 2 heterocycles. The van der Waals surface area contributed by atoms with Gasteiger partial charge in [-0.25, -0.2) is 9.97 Å². The standard InChI is InChI=1S/C21H19N5O2/c1-14(27)23-16-6-8-17(9-7-16)24-21-22-12-10-18(25-21)20(28)26-13-11-15-4-2-3-5-19(15)26/h2-10,12H,11,13H2,1H3,(H,23,27)(H,22,24,25). The first-order valence-corrected chi connectivity index (χ1v) is 8.97. The third-order valence-electron chi connectivity index (χ3n) is 4.47. The molecule has 4 rings (SSSR count). The van der Waals surface area contributed by atoms with E-state index in [2.05, 4.69) is 20.6 Å². The number of carbonyl (C=O) groups excluding carboxylic acids is 2. The summed E-state index contributed by atoms with van der Waals surface area (Å²) >= 11 is 0. The van der Waals surface area contributed by atoms with E-state index in [1.165, 1.54) is 12.5 Å². The average Bonchev–Trinajstić information content (AvgIpc) is 3.13. The molecule has 0 spiro atoms. The normalized spacial score (nSPS) is 12.4. The summed E-state index contributed by atoms with van der Waals surface area (Å²) < 4.78 is 0. The summed E-state index contributed by atoms with van der Waals surface area (Å²) in [6.07, 6.45) is 2.41. The zero-order chi connectivity index (χ0) is 19.5. The average molecular weight is 373 g/mol.